The van der Waals surface area contributed by atoms with Crippen molar-refractivity contribution in [3.63, 3.8) is 0 Å². The van der Waals surface area contributed by atoms with Crippen LogP contribution in [0.5, 0.6) is 0 Å². The molecular formula is C22H31N3O3S. The van der Waals surface area contributed by atoms with Gasteiger partial charge in [-0.1, -0.05) is 26.0 Å². The van der Waals surface area contributed by atoms with Gasteiger partial charge >= 0.3 is 0 Å². The van der Waals surface area contributed by atoms with Gasteiger partial charge in [0.2, 0.25) is 10.0 Å². The first-order valence-electron chi connectivity index (χ1n) is 9.76. The Bertz CT molecular complexity index is 981. The quantitative estimate of drug-likeness (QED) is 0.712. The van der Waals surface area contributed by atoms with E-state index in [0.717, 1.165) is 35.1 Å². The summed E-state index contributed by atoms with van der Waals surface area (Å²) >= 11 is 0. The summed E-state index contributed by atoms with van der Waals surface area (Å²) in [5.41, 5.74) is 3.53. The minimum Gasteiger partial charge on any atom is -0.322 e. The SMILES string of the molecule is CCN(CC)Cc1cccc(NC(=O)c2cc(C)c(C)c(S(=O)(=O)N(C)C)c2)c1. The lowest BCUT2D eigenvalue weighted by atomic mass is 10.1. The molecule has 0 saturated carbocycles. The summed E-state index contributed by atoms with van der Waals surface area (Å²) in [5.74, 6) is -0.330. The number of nitrogens with zero attached hydrogens (tertiary/aromatic N) is 2. The molecule has 0 aliphatic heterocycles. The van der Waals surface area contributed by atoms with Crippen molar-refractivity contribution in [1.29, 1.82) is 0 Å². The van der Waals surface area contributed by atoms with Crippen LogP contribution in [0.1, 0.15) is 40.9 Å². The van der Waals surface area contributed by atoms with Crippen LogP contribution >= 0.6 is 0 Å². The molecule has 0 bridgehead atoms. The van der Waals surface area contributed by atoms with Gasteiger partial charge in [0.05, 0.1) is 4.90 Å². The van der Waals surface area contributed by atoms with Crippen molar-refractivity contribution in [2.24, 2.45) is 0 Å². The summed E-state index contributed by atoms with van der Waals surface area (Å²) in [7, 11) is -0.668. The molecule has 0 heterocycles. The van der Waals surface area contributed by atoms with E-state index in [1.165, 1.54) is 20.2 Å². The number of benzene rings is 2. The summed E-state index contributed by atoms with van der Waals surface area (Å²) in [4.78, 5) is 15.3. The normalized spacial score (nSPS) is 11.9. The van der Waals surface area contributed by atoms with Crippen molar-refractivity contribution in [1.82, 2.24) is 9.21 Å². The zero-order valence-electron chi connectivity index (χ0n) is 18.1. The maximum absolute atomic E-state index is 12.8. The van der Waals surface area contributed by atoms with Gasteiger partial charge in [-0.25, -0.2) is 12.7 Å². The molecule has 0 aromatic heterocycles. The Morgan fingerprint density at radius 3 is 2.28 bits per heavy atom. The number of sulfonamides is 1. The first kappa shape index (κ1) is 23.1. The number of nitrogens with one attached hydrogen (secondary N) is 1. The van der Waals surface area contributed by atoms with Gasteiger partial charge < -0.3 is 5.32 Å². The van der Waals surface area contributed by atoms with Gasteiger partial charge in [0.15, 0.2) is 0 Å². The fraction of sp³-hybridized carbons (Fsp3) is 0.409. The molecule has 1 N–H and O–H groups in total. The fourth-order valence-corrected chi connectivity index (χ4v) is 4.30. The van der Waals surface area contributed by atoms with E-state index < -0.39 is 10.0 Å². The van der Waals surface area contributed by atoms with Gasteiger partial charge in [0.1, 0.15) is 0 Å². The fourth-order valence-electron chi connectivity index (χ4n) is 3.08. The van der Waals surface area contributed by atoms with Gasteiger partial charge in [-0.3, -0.25) is 9.69 Å². The minimum absolute atomic E-state index is 0.155. The first-order chi connectivity index (χ1) is 13.6. The summed E-state index contributed by atoms with van der Waals surface area (Å²) < 4.78 is 26.4. The average Bonchev–Trinajstić information content (AvgIpc) is 2.67. The lowest BCUT2D eigenvalue weighted by Gasteiger charge is -2.18. The van der Waals surface area contributed by atoms with Gasteiger partial charge in [-0.05, 0) is 67.9 Å². The molecule has 2 aromatic rings. The van der Waals surface area contributed by atoms with Crippen molar-refractivity contribution in [2.45, 2.75) is 39.1 Å². The van der Waals surface area contributed by atoms with E-state index in [9.17, 15) is 13.2 Å². The van der Waals surface area contributed by atoms with Crippen molar-refractivity contribution in [2.75, 3.05) is 32.5 Å². The van der Waals surface area contributed by atoms with Crippen LogP contribution in [0.15, 0.2) is 41.3 Å². The van der Waals surface area contributed by atoms with Crippen LogP contribution < -0.4 is 5.32 Å². The summed E-state index contributed by atoms with van der Waals surface area (Å²) in [6, 6.07) is 10.9. The van der Waals surface area contributed by atoms with Crippen LogP contribution in [0, 0.1) is 13.8 Å². The van der Waals surface area contributed by atoms with Crippen molar-refractivity contribution in [3.05, 3.63) is 58.7 Å². The third kappa shape index (κ3) is 5.44. The van der Waals surface area contributed by atoms with Crippen molar-refractivity contribution >= 4 is 21.6 Å². The lowest BCUT2D eigenvalue weighted by Crippen LogP contribution is -2.24. The number of amides is 1. The number of hydrogen-bond acceptors (Lipinski definition) is 4. The van der Waals surface area contributed by atoms with E-state index in [1.807, 2.05) is 31.2 Å². The van der Waals surface area contributed by atoms with E-state index >= 15 is 0 Å². The van der Waals surface area contributed by atoms with E-state index in [0.29, 0.717) is 16.8 Å². The Hall–Kier alpha value is -2.22. The molecule has 0 radical (unpaired) electrons. The predicted molar refractivity (Wildman–Crippen MR) is 118 cm³/mol. The minimum atomic E-state index is -3.64. The van der Waals surface area contributed by atoms with E-state index in [2.05, 4.69) is 24.1 Å². The van der Waals surface area contributed by atoms with Crippen molar-refractivity contribution in [3.8, 4) is 0 Å². The Kier molecular flexibility index (Phi) is 7.57. The van der Waals surface area contributed by atoms with Gasteiger partial charge in [0, 0.05) is 31.9 Å². The number of rotatable bonds is 8. The largest absolute Gasteiger partial charge is 0.322 e. The van der Waals surface area contributed by atoms with Crippen LogP contribution in [0.4, 0.5) is 5.69 Å². The zero-order valence-corrected chi connectivity index (χ0v) is 18.9. The monoisotopic (exact) mass is 417 g/mol. The second-order valence-electron chi connectivity index (χ2n) is 7.32. The van der Waals surface area contributed by atoms with Crippen LogP contribution in [0.3, 0.4) is 0 Å². The van der Waals surface area contributed by atoms with Gasteiger partial charge in [0.25, 0.3) is 5.91 Å². The molecule has 29 heavy (non-hydrogen) atoms. The molecule has 1 amide bonds. The molecule has 6 nitrogen and oxygen atoms in total. The number of hydrogen-bond donors (Lipinski definition) is 1. The maximum Gasteiger partial charge on any atom is 0.255 e. The Morgan fingerprint density at radius 1 is 1.03 bits per heavy atom. The van der Waals surface area contributed by atoms with Gasteiger partial charge in [-0.2, -0.15) is 0 Å². The summed E-state index contributed by atoms with van der Waals surface area (Å²) in [5, 5.41) is 2.90. The smallest absolute Gasteiger partial charge is 0.255 e. The molecular weight excluding hydrogens is 386 g/mol. The number of carbonyl (C=O) groups excluding carboxylic acids is 1. The molecule has 2 rings (SSSR count). The van der Waals surface area contributed by atoms with Crippen LogP contribution in [-0.2, 0) is 16.6 Å². The number of anilines is 1. The molecule has 0 saturated heterocycles. The highest BCUT2D eigenvalue weighted by Crippen LogP contribution is 2.24. The molecule has 0 unspecified atom stereocenters. The lowest BCUT2D eigenvalue weighted by molar-refractivity contribution is 0.102. The van der Waals surface area contributed by atoms with Crippen LogP contribution in [-0.4, -0.2) is 50.7 Å². The van der Waals surface area contributed by atoms with Gasteiger partial charge in [-0.15, -0.1) is 0 Å². The number of aryl methyl sites for hydroxylation is 1. The Labute approximate surface area is 174 Å². The Morgan fingerprint density at radius 2 is 1.69 bits per heavy atom. The molecule has 158 valence electrons. The van der Waals surface area contributed by atoms with Crippen molar-refractivity contribution < 1.29 is 13.2 Å². The first-order valence-corrected chi connectivity index (χ1v) is 11.2. The predicted octanol–water partition coefficient (Wildman–Crippen LogP) is 3.65. The highest BCUT2D eigenvalue weighted by molar-refractivity contribution is 7.89. The molecule has 0 aliphatic carbocycles. The van der Waals surface area contributed by atoms with E-state index in [1.54, 1.807) is 13.0 Å². The summed E-state index contributed by atoms with van der Waals surface area (Å²) in [6.45, 7) is 10.5. The third-order valence-electron chi connectivity index (χ3n) is 5.13. The third-order valence-corrected chi connectivity index (χ3v) is 7.07. The highest BCUT2D eigenvalue weighted by Gasteiger charge is 2.23. The molecule has 0 fully saturated rings. The van der Waals surface area contributed by atoms with Crippen LogP contribution in [0.2, 0.25) is 0 Å². The average molecular weight is 418 g/mol. The highest BCUT2D eigenvalue weighted by atomic mass is 32.2. The maximum atomic E-state index is 12.8. The second-order valence-corrected chi connectivity index (χ2v) is 9.44. The molecule has 0 aliphatic rings. The molecule has 2 aromatic carbocycles. The molecule has 0 spiro atoms. The molecule has 7 heteroatoms. The standard InChI is InChI=1S/C22H31N3O3S/c1-7-25(8-2)15-18-10-9-11-20(13-18)23-22(26)19-12-16(3)17(4)21(14-19)29(27,28)24(5)6/h9-14H,7-8,15H2,1-6H3,(H,23,26). The number of carbonyl (C=O) groups is 1. The topological polar surface area (TPSA) is 69.7 Å². The molecule has 0 atom stereocenters. The van der Waals surface area contributed by atoms with Crippen LogP contribution in [0.25, 0.3) is 0 Å². The zero-order chi connectivity index (χ0) is 21.8. The second kappa shape index (κ2) is 9.52. The van der Waals surface area contributed by atoms with E-state index in [-0.39, 0.29) is 10.8 Å². The summed E-state index contributed by atoms with van der Waals surface area (Å²) in [6.07, 6.45) is 0. The Balaban J connectivity index is 2.31. The van der Waals surface area contributed by atoms with E-state index in [4.69, 9.17) is 0 Å².